The molecule has 0 saturated heterocycles. The lowest BCUT2D eigenvalue weighted by Crippen LogP contribution is -2.31. The minimum atomic E-state index is -3.18. The first-order chi connectivity index (χ1) is 8.03. The average molecular weight is 277 g/mol. The quantitative estimate of drug-likeness (QED) is 0.692. The van der Waals surface area contributed by atoms with Crippen molar-refractivity contribution in [3.05, 3.63) is 16.1 Å². The van der Waals surface area contributed by atoms with Crippen molar-refractivity contribution < 1.29 is 8.42 Å². The number of sulfonamides is 1. The van der Waals surface area contributed by atoms with E-state index in [0.717, 1.165) is 22.9 Å². The van der Waals surface area contributed by atoms with Gasteiger partial charge in [0, 0.05) is 24.2 Å². The standard InChI is InChI=1S/C10H19N3O2S2/c1-3-4-11-5-6-17(14,15)13-8-10-7-12-9(2)16-10/h7,11,13H,3-6,8H2,1-2H3. The fraction of sp³-hybridized carbons (Fsp3) is 0.700. The molecule has 0 aliphatic rings. The third-order valence-corrected chi connectivity index (χ3v) is 4.35. The molecule has 0 aromatic carbocycles. The normalized spacial score (nSPS) is 11.9. The molecule has 98 valence electrons. The van der Waals surface area contributed by atoms with E-state index in [1.165, 1.54) is 11.3 Å². The molecular weight excluding hydrogens is 258 g/mol. The average Bonchev–Trinajstić information content (AvgIpc) is 2.68. The van der Waals surface area contributed by atoms with Gasteiger partial charge < -0.3 is 5.32 Å². The van der Waals surface area contributed by atoms with E-state index in [1.54, 1.807) is 6.20 Å². The van der Waals surface area contributed by atoms with Crippen molar-refractivity contribution in [1.82, 2.24) is 15.0 Å². The van der Waals surface area contributed by atoms with E-state index in [1.807, 2.05) is 13.8 Å². The van der Waals surface area contributed by atoms with Crippen LogP contribution in [0, 0.1) is 6.92 Å². The molecule has 0 saturated carbocycles. The monoisotopic (exact) mass is 277 g/mol. The highest BCUT2D eigenvalue weighted by atomic mass is 32.2. The molecule has 1 aromatic rings. The van der Waals surface area contributed by atoms with Crippen LogP contribution in [0.15, 0.2) is 6.20 Å². The fourth-order valence-corrected chi connectivity index (χ4v) is 3.01. The number of nitrogens with one attached hydrogen (secondary N) is 2. The SMILES string of the molecule is CCCNCCS(=O)(=O)NCc1cnc(C)s1. The lowest BCUT2D eigenvalue weighted by molar-refractivity contribution is 0.576. The molecule has 0 bridgehead atoms. The van der Waals surface area contributed by atoms with E-state index in [-0.39, 0.29) is 5.75 Å². The first-order valence-electron chi connectivity index (χ1n) is 5.63. The number of hydrogen-bond acceptors (Lipinski definition) is 5. The van der Waals surface area contributed by atoms with Gasteiger partial charge in [0.2, 0.25) is 10.0 Å². The second kappa shape index (κ2) is 7.05. The Bertz CT molecular complexity index is 429. The topological polar surface area (TPSA) is 71.1 Å². The zero-order chi connectivity index (χ0) is 12.7. The van der Waals surface area contributed by atoms with Crippen LogP contribution in [0.4, 0.5) is 0 Å². The summed E-state index contributed by atoms with van der Waals surface area (Å²) in [7, 11) is -3.18. The van der Waals surface area contributed by atoms with Crippen LogP contribution in [0.3, 0.4) is 0 Å². The van der Waals surface area contributed by atoms with Gasteiger partial charge in [-0.25, -0.2) is 18.1 Å². The van der Waals surface area contributed by atoms with Crippen LogP contribution in [-0.2, 0) is 16.6 Å². The molecule has 2 N–H and O–H groups in total. The highest BCUT2D eigenvalue weighted by molar-refractivity contribution is 7.89. The van der Waals surface area contributed by atoms with Crippen molar-refractivity contribution in [1.29, 1.82) is 0 Å². The lowest BCUT2D eigenvalue weighted by Gasteiger charge is -2.06. The lowest BCUT2D eigenvalue weighted by atomic mass is 10.5. The Labute approximate surface area is 107 Å². The largest absolute Gasteiger partial charge is 0.316 e. The maximum Gasteiger partial charge on any atom is 0.213 e. The van der Waals surface area contributed by atoms with Crippen LogP contribution in [0.25, 0.3) is 0 Å². The maximum absolute atomic E-state index is 11.6. The molecular formula is C10H19N3O2S2. The number of rotatable bonds is 8. The van der Waals surface area contributed by atoms with Gasteiger partial charge in [-0.3, -0.25) is 0 Å². The molecule has 5 nitrogen and oxygen atoms in total. The van der Waals surface area contributed by atoms with Crippen molar-refractivity contribution in [2.75, 3.05) is 18.8 Å². The Balaban J connectivity index is 2.29. The molecule has 7 heteroatoms. The zero-order valence-electron chi connectivity index (χ0n) is 10.2. The smallest absolute Gasteiger partial charge is 0.213 e. The van der Waals surface area contributed by atoms with Crippen molar-refractivity contribution in [3.8, 4) is 0 Å². The van der Waals surface area contributed by atoms with E-state index in [4.69, 9.17) is 0 Å². The van der Waals surface area contributed by atoms with Crippen LogP contribution < -0.4 is 10.0 Å². The van der Waals surface area contributed by atoms with E-state index < -0.39 is 10.0 Å². The van der Waals surface area contributed by atoms with Gasteiger partial charge in [0.25, 0.3) is 0 Å². The Morgan fingerprint density at radius 3 is 2.76 bits per heavy atom. The third-order valence-electron chi connectivity index (χ3n) is 2.11. The molecule has 17 heavy (non-hydrogen) atoms. The maximum atomic E-state index is 11.6. The number of nitrogens with zero attached hydrogens (tertiary/aromatic N) is 1. The molecule has 0 spiro atoms. The van der Waals surface area contributed by atoms with Crippen molar-refractivity contribution in [2.45, 2.75) is 26.8 Å². The Kier molecular flexibility index (Phi) is 6.04. The summed E-state index contributed by atoms with van der Waals surface area (Å²) >= 11 is 1.51. The summed E-state index contributed by atoms with van der Waals surface area (Å²) in [6.45, 7) is 5.62. The molecule has 1 rings (SSSR count). The summed E-state index contributed by atoms with van der Waals surface area (Å²) in [6.07, 6.45) is 2.71. The van der Waals surface area contributed by atoms with E-state index in [0.29, 0.717) is 13.1 Å². The van der Waals surface area contributed by atoms with Crippen LogP contribution >= 0.6 is 11.3 Å². The molecule has 1 aromatic heterocycles. The third kappa shape index (κ3) is 6.11. The van der Waals surface area contributed by atoms with Gasteiger partial charge in [0.1, 0.15) is 0 Å². The van der Waals surface area contributed by atoms with Crippen LogP contribution in [0.1, 0.15) is 23.2 Å². The zero-order valence-corrected chi connectivity index (χ0v) is 11.8. The van der Waals surface area contributed by atoms with Gasteiger partial charge >= 0.3 is 0 Å². The molecule has 0 aliphatic heterocycles. The van der Waals surface area contributed by atoms with Gasteiger partial charge in [-0.15, -0.1) is 11.3 Å². The fourth-order valence-electron chi connectivity index (χ4n) is 1.25. The van der Waals surface area contributed by atoms with Crippen molar-refractivity contribution in [3.63, 3.8) is 0 Å². The summed E-state index contributed by atoms with van der Waals surface area (Å²) < 4.78 is 25.8. The summed E-state index contributed by atoms with van der Waals surface area (Å²) in [5.41, 5.74) is 0. The predicted molar refractivity (Wildman–Crippen MR) is 70.6 cm³/mol. The number of thiazole rings is 1. The summed E-state index contributed by atoms with van der Waals surface area (Å²) in [5.74, 6) is 0.116. The summed E-state index contributed by atoms with van der Waals surface area (Å²) in [6, 6.07) is 0. The van der Waals surface area contributed by atoms with Crippen molar-refractivity contribution in [2.24, 2.45) is 0 Å². The highest BCUT2D eigenvalue weighted by Crippen LogP contribution is 2.10. The molecule has 0 fully saturated rings. The molecule has 0 aliphatic carbocycles. The molecule has 0 radical (unpaired) electrons. The predicted octanol–water partition coefficient (Wildman–Crippen LogP) is 0.871. The Morgan fingerprint density at radius 2 is 2.18 bits per heavy atom. The van der Waals surface area contributed by atoms with Gasteiger partial charge in [0.05, 0.1) is 10.8 Å². The van der Waals surface area contributed by atoms with Gasteiger partial charge in [-0.05, 0) is 19.9 Å². The van der Waals surface area contributed by atoms with Crippen molar-refractivity contribution >= 4 is 21.4 Å². The van der Waals surface area contributed by atoms with E-state index >= 15 is 0 Å². The van der Waals surface area contributed by atoms with E-state index in [2.05, 4.69) is 15.0 Å². The van der Waals surface area contributed by atoms with Gasteiger partial charge in [0.15, 0.2) is 0 Å². The summed E-state index contributed by atoms with van der Waals surface area (Å²) in [5, 5.41) is 4.01. The van der Waals surface area contributed by atoms with Gasteiger partial charge in [-0.2, -0.15) is 0 Å². The Morgan fingerprint density at radius 1 is 1.41 bits per heavy atom. The minimum Gasteiger partial charge on any atom is -0.316 e. The molecule has 0 unspecified atom stereocenters. The first-order valence-corrected chi connectivity index (χ1v) is 8.09. The Hall–Kier alpha value is -0.500. The highest BCUT2D eigenvalue weighted by Gasteiger charge is 2.09. The van der Waals surface area contributed by atoms with Gasteiger partial charge in [-0.1, -0.05) is 6.92 Å². The van der Waals surface area contributed by atoms with Crippen LogP contribution in [-0.4, -0.2) is 32.2 Å². The molecule has 0 amide bonds. The van der Waals surface area contributed by atoms with Crippen LogP contribution in [0.2, 0.25) is 0 Å². The second-order valence-electron chi connectivity index (χ2n) is 3.74. The molecule has 0 atom stereocenters. The number of aryl methyl sites for hydroxylation is 1. The number of hydrogen-bond donors (Lipinski definition) is 2. The molecule has 1 heterocycles. The number of aromatic nitrogens is 1. The van der Waals surface area contributed by atoms with E-state index in [9.17, 15) is 8.42 Å². The second-order valence-corrected chi connectivity index (χ2v) is 6.98. The first kappa shape index (κ1) is 14.6. The summed E-state index contributed by atoms with van der Waals surface area (Å²) in [4.78, 5) is 5.01. The minimum absolute atomic E-state index is 0.116. The van der Waals surface area contributed by atoms with Crippen LogP contribution in [0.5, 0.6) is 0 Å².